The molecule has 3 heterocycles. The molecule has 1 unspecified atom stereocenters. The first-order valence-corrected chi connectivity index (χ1v) is 7.79. The number of likely N-dealkylation sites (tertiary alicyclic amines) is 1. The van der Waals surface area contributed by atoms with Crippen molar-refractivity contribution in [3.8, 4) is 0 Å². The molecule has 3 rings (SSSR count). The number of nitrogens with one attached hydrogen (secondary N) is 1. The minimum Gasteiger partial charge on any atom is -0.345 e. The van der Waals surface area contributed by atoms with Gasteiger partial charge in [0.25, 0.3) is 5.91 Å². The van der Waals surface area contributed by atoms with Crippen LogP contribution in [-0.4, -0.2) is 63.1 Å². The number of carbonyl (C=O) groups is 1. The van der Waals surface area contributed by atoms with Crippen LogP contribution in [0.15, 0.2) is 18.6 Å². The first-order valence-electron chi connectivity index (χ1n) is 7.79. The normalized spacial score (nSPS) is 18.3. The van der Waals surface area contributed by atoms with Crippen molar-refractivity contribution in [3.63, 3.8) is 0 Å². The number of aryl methyl sites for hydroxylation is 1. The molecule has 0 spiro atoms. The van der Waals surface area contributed by atoms with Gasteiger partial charge in [0.1, 0.15) is 5.82 Å². The molecule has 0 bridgehead atoms. The molecule has 0 aromatic carbocycles. The van der Waals surface area contributed by atoms with E-state index in [2.05, 4.69) is 25.1 Å². The van der Waals surface area contributed by atoms with Gasteiger partial charge < -0.3 is 4.90 Å². The van der Waals surface area contributed by atoms with Gasteiger partial charge in [0.05, 0.1) is 17.5 Å². The Labute approximate surface area is 135 Å². The minimum absolute atomic E-state index is 0.000801. The smallest absolute Gasteiger partial charge is 0.256 e. The van der Waals surface area contributed by atoms with E-state index in [0.717, 1.165) is 43.1 Å². The third-order valence-electron chi connectivity index (χ3n) is 4.23. The van der Waals surface area contributed by atoms with Gasteiger partial charge in [-0.15, -0.1) is 0 Å². The number of aromatic nitrogens is 4. The second kappa shape index (κ2) is 6.45. The highest BCUT2D eigenvalue weighted by molar-refractivity contribution is 5.94. The molecule has 0 radical (unpaired) electrons. The maximum absolute atomic E-state index is 12.2. The fourth-order valence-electron chi connectivity index (χ4n) is 2.99. The fourth-order valence-corrected chi connectivity index (χ4v) is 2.99. The van der Waals surface area contributed by atoms with Crippen molar-refractivity contribution in [1.29, 1.82) is 0 Å². The number of hydrogen-bond donors (Lipinski definition) is 1. The Morgan fingerprint density at radius 2 is 2.09 bits per heavy atom. The first kappa shape index (κ1) is 15.6. The van der Waals surface area contributed by atoms with Gasteiger partial charge in [0.2, 0.25) is 0 Å². The van der Waals surface area contributed by atoms with Crippen LogP contribution in [0.2, 0.25) is 0 Å². The van der Waals surface area contributed by atoms with Gasteiger partial charge in [-0.1, -0.05) is 0 Å². The predicted octanol–water partition coefficient (Wildman–Crippen LogP) is 1.20. The van der Waals surface area contributed by atoms with E-state index in [-0.39, 0.29) is 5.91 Å². The third kappa shape index (κ3) is 3.39. The molecule has 0 aliphatic carbocycles. The van der Waals surface area contributed by atoms with Crippen LogP contribution >= 0.6 is 0 Å². The Hall–Kier alpha value is -2.28. The maximum Gasteiger partial charge on any atom is 0.256 e. The summed E-state index contributed by atoms with van der Waals surface area (Å²) in [4.78, 5) is 24.7. The summed E-state index contributed by atoms with van der Waals surface area (Å²) in [5, 5.41) is 7.10. The summed E-state index contributed by atoms with van der Waals surface area (Å²) < 4.78 is 0. The highest BCUT2D eigenvalue weighted by Gasteiger charge is 2.29. The van der Waals surface area contributed by atoms with Crippen molar-refractivity contribution in [2.45, 2.75) is 25.8 Å². The molecule has 23 heavy (non-hydrogen) atoms. The summed E-state index contributed by atoms with van der Waals surface area (Å²) in [6, 6.07) is 0. The number of amides is 1. The lowest BCUT2D eigenvalue weighted by Gasteiger charge is -2.16. The van der Waals surface area contributed by atoms with Gasteiger partial charge >= 0.3 is 0 Å². The molecule has 1 atom stereocenters. The molecule has 1 aliphatic heterocycles. The molecule has 0 saturated carbocycles. The Morgan fingerprint density at radius 3 is 2.78 bits per heavy atom. The molecule has 2 aromatic heterocycles. The number of rotatable bonds is 4. The largest absolute Gasteiger partial charge is 0.345 e. The summed E-state index contributed by atoms with van der Waals surface area (Å²) in [6.07, 6.45) is 6.41. The third-order valence-corrected chi connectivity index (χ3v) is 4.23. The fraction of sp³-hybridized carbons (Fsp3) is 0.500. The molecule has 1 N–H and O–H groups in total. The number of nitrogens with zero attached hydrogens (tertiary/aromatic N) is 5. The zero-order valence-electron chi connectivity index (χ0n) is 13.8. The van der Waals surface area contributed by atoms with Crippen LogP contribution in [0.4, 0.5) is 0 Å². The lowest BCUT2D eigenvalue weighted by molar-refractivity contribution is 0.0826. The monoisotopic (exact) mass is 314 g/mol. The van der Waals surface area contributed by atoms with Gasteiger partial charge in [0, 0.05) is 51.1 Å². The Balaban J connectivity index is 1.67. The van der Waals surface area contributed by atoms with Crippen molar-refractivity contribution in [3.05, 3.63) is 41.2 Å². The maximum atomic E-state index is 12.2. The van der Waals surface area contributed by atoms with Gasteiger partial charge in [-0.2, -0.15) is 5.10 Å². The average molecular weight is 314 g/mol. The second-order valence-corrected chi connectivity index (χ2v) is 6.26. The van der Waals surface area contributed by atoms with Crippen LogP contribution < -0.4 is 0 Å². The highest BCUT2D eigenvalue weighted by Crippen LogP contribution is 2.29. The van der Waals surface area contributed by atoms with Gasteiger partial charge in [-0.25, -0.2) is 9.97 Å². The Morgan fingerprint density at radius 1 is 1.35 bits per heavy atom. The van der Waals surface area contributed by atoms with Crippen LogP contribution in [0.3, 0.4) is 0 Å². The predicted molar refractivity (Wildman–Crippen MR) is 86.0 cm³/mol. The van der Waals surface area contributed by atoms with Gasteiger partial charge in [0.15, 0.2) is 0 Å². The number of hydrogen-bond acceptors (Lipinski definition) is 5. The summed E-state index contributed by atoms with van der Waals surface area (Å²) in [6.45, 7) is 4.62. The van der Waals surface area contributed by atoms with Crippen LogP contribution in [0.5, 0.6) is 0 Å². The van der Waals surface area contributed by atoms with Gasteiger partial charge in [-0.05, 0) is 19.9 Å². The van der Waals surface area contributed by atoms with E-state index < -0.39 is 0 Å². The van der Waals surface area contributed by atoms with E-state index in [1.54, 1.807) is 25.2 Å². The van der Waals surface area contributed by atoms with Crippen molar-refractivity contribution in [2.75, 3.05) is 27.2 Å². The topological polar surface area (TPSA) is 78.0 Å². The summed E-state index contributed by atoms with van der Waals surface area (Å²) in [7, 11) is 3.52. The molecule has 122 valence electrons. The van der Waals surface area contributed by atoms with E-state index >= 15 is 0 Å². The molecule has 1 aliphatic rings. The van der Waals surface area contributed by atoms with Gasteiger partial charge in [-0.3, -0.25) is 14.8 Å². The molecular weight excluding hydrogens is 292 g/mol. The Bertz CT molecular complexity index is 678. The van der Waals surface area contributed by atoms with E-state index in [1.165, 1.54) is 0 Å². The molecule has 2 aromatic rings. The van der Waals surface area contributed by atoms with Crippen LogP contribution in [0, 0.1) is 6.92 Å². The quantitative estimate of drug-likeness (QED) is 0.917. The molecule has 1 fully saturated rings. The summed E-state index contributed by atoms with van der Waals surface area (Å²) >= 11 is 0. The second-order valence-electron chi connectivity index (χ2n) is 6.26. The van der Waals surface area contributed by atoms with Crippen molar-refractivity contribution in [2.24, 2.45) is 0 Å². The molecule has 7 heteroatoms. The van der Waals surface area contributed by atoms with Crippen LogP contribution in [0.1, 0.15) is 39.8 Å². The van der Waals surface area contributed by atoms with Crippen LogP contribution in [-0.2, 0) is 6.54 Å². The average Bonchev–Trinajstić information content (AvgIpc) is 3.17. The number of aromatic amines is 1. The first-order chi connectivity index (χ1) is 11.0. The van der Waals surface area contributed by atoms with E-state index in [0.29, 0.717) is 11.5 Å². The summed E-state index contributed by atoms with van der Waals surface area (Å²) in [5.41, 5.74) is 2.75. The standard InChI is InChI=1S/C16H22N6O/c1-11-17-6-12(7-18-11)9-22-5-4-13(10-22)15-14(8-19-20-15)16(23)21(2)3/h6-8,13H,4-5,9-10H2,1-3H3,(H,19,20). The zero-order valence-corrected chi connectivity index (χ0v) is 13.8. The molecular formula is C16H22N6O. The molecule has 7 nitrogen and oxygen atoms in total. The summed E-state index contributed by atoms with van der Waals surface area (Å²) in [5.74, 6) is 1.10. The van der Waals surface area contributed by atoms with Crippen molar-refractivity contribution >= 4 is 5.91 Å². The van der Waals surface area contributed by atoms with Crippen molar-refractivity contribution < 1.29 is 4.79 Å². The minimum atomic E-state index is -0.000801. The number of H-pyrrole nitrogens is 1. The van der Waals surface area contributed by atoms with E-state index in [4.69, 9.17) is 0 Å². The highest BCUT2D eigenvalue weighted by atomic mass is 16.2. The lowest BCUT2D eigenvalue weighted by Crippen LogP contribution is -2.24. The lowest BCUT2D eigenvalue weighted by atomic mass is 10.0. The van der Waals surface area contributed by atoms with E-state index in [1.807, 2.05) is 19.3 Å². The molecule has 1 amide bonds. The molecule has 1 saturated heterocycles. The van der Waals surface area contributed by atoms with Crippen LogP contribution in [0.25, 0.3) is 0 Å². The number of carbonyl (C=O) groups excluding carboxylic acids is 1. The van der Waals surface area contributed by atoms with E-state index in [9.17, 15) is 4.79 Å². The zero-order chi connectivity index (χ0) is 16.4. The SMILES string of the molecule is Cc1ncc(CN2CCC(c3[nH]ncc3C(=O)N(C)C)C2)cn1. The Kier molecular flexibility index (Phi) is 4.38. The van der Waals surface area contributed by atoms with Crippen molar-refractivity contribution in [1.82, 2.24) is 30.0 Å².